The lowest BCUT2D eigenvalue weighted by atomic mass is 9.87. The number of methoxy groups -OCH3 is 1. The lowest BCUT2D eigenvalue weighted by Crippen LogP contribution is -2.52. The summed E-state index contributed by atoms with van der Waals surface area (Å²) < 4.78 is 17.2. The third-order valence-electron chi connectivity index (χ3n) is 5.60. The summed E-state index contributed by atoms with van der Waals surface area (Å²) in [6.45, 7) is 2.03. The van der Waals surface area contributed by atoms with E-state index >= 15 is 0 Å². The first-order valence-electron chi connectivity index (χ1n) is 9.33. The molecule has 1 saturated heterocycles. The van der Waals surface area contributed by atoms with Crippen LogP contribution < -0.4 is 4.74 Å². The first-order valence-corrected chi connectivity index (χ1v) is 9.33. The largest absolute Gasteiger partial charge is 0.497 e. The number of nitriles is 1. The Kier molecular flexibility index (Phi) is 4.86. The highest BCUT2D eigenvalue weighted by Crippen LogP contribution is 2.46. The van der Waals surface area contributed by atoms with Crippen molar-refractivity contribution >= 4 is 0 Å². The van der Waals surface area contributed by atoms with Crippen LogP contribution in [0.4, 0.5) is 0 Å². The lowest BCUT2D eigenvalue weighted by molar-refractivity contribution is -0.318. The Morgan fingerprint density at radius 1 is 1.25 bits per heavy atom. The van der Waals surface area contributed by atoms with Crippen LogP contribution in [0.3, 0.4) is 0 Å². The van der Waals surface area contributed by atoms with Gasteiger partial charge >= 0.3 is 0 Å². The summed E-state index contributed by atoms with van der Waals surface area (Å²) in [6.07, 6.45) is -1.71. The van der Waals surface area contributed by atoms with Crippen molar-refractivity contribution in [2.45, 2.75) is 50.5 Å². The second-order valence-electron chi connectivity index (χ2n) is 7.43. The third-order valence-corrected chi connectivity index (χ3v) is 5.60. The molecule has 1 spiro atoms. The zero-order valence-electron chi connectivity index (χ0n) is 15.9. The maximum Gasteiger partial charge on any atom is 0.198 e. The van der Waals surface area contributed by atoms with Gasteiger partial charge in [-0.3, -0.25) is 0 Å². The van der Waals surface area contributed by atoms with E-state index in [-0.39, 0.29) is 6.42 Å². The molecule has 0 radical (unpaired) electrons. The monoisotopic (exact) mass is 381 g/mol. The first-order chi connectivity index (χ1) is 13.5. The minimum atomic E-state index is -1.09. The molecule has 28 heavy (non-hydrogen) atoms. The summed E-state index contributed by atoms with van der Waals surface area (Å²) >= 11 is 0. The summed E-state index contributed by atoms with van der Waals surface area (Å²) in [4.78, 5) is 0. The number of aliphatic hydroxyl groups is 2. The highest BCUT2D eigenvalue weighted by atomic mass is 16.7. The quantitative estimate of drug-likeness (QED) is 0.848. The van der Waals surface area contributed by atoms with Crippen molar-refractivity contribution in [2.75, 3.05) is 7.11 Å². The number of benzene rings is 2. The predicted molar refractivity (Wildman–Crippen MR) is 101 cm³/mol. The van der Waals surface area contributed by atoms with E-state index in [4.69, 9.17) is 14.2 Å². The molecule has 2 aromatic rings. The first kappa shape index (κ1) is 18.9. The normalized spacial score (nSPS) is 28.8. The molecule has 0 aliphatic carbocycles. The SMILES string of the molecule is COc1ccc(Cc2cc3c(cc2C#N)CO[C@@]32CC(O)[C@H](O)C(C)O2)cc1. The number of rotatable bonds is 3. The van der Waals surface area contributed by atoms with Crippen LogP contribution in [0.1, 0.15) is 41.2 Å². The van der Waals surface area contributed by atoms with Gasteiger partial charge in [-0.2, -0.15) is 5.26 Å². The van der Waals surface area contributed by atoms with Crippen LogP contribution in [-0.4, -0.2) is 35.6 Å². The van der Waals surface area contributed by atoms with Crippen molar-refractivity contribution < 1.29 is 24.4 Å². The minimum Gasteiger partial charge on any atom is -0.497 e. The molecule has 146 valence electrons. The second kappa shape index (κ2) is 7.19. The van der Waals surface area contributed by atoms with Crippen molar-refractivity contribution in [3.05, 3.63) is 64.2 Å². The molecule has 4 rings (SSSR count). The van der Waals surface area contributed by atoms with Crippen LogP contribution in [0, 0.1) is 11.3 Å². The van der Waals surface area contributed by atoms with Gasteiger partial charge in [-0.25, -0.2) is 0 Å². The zero-order valence-corrected chi connectivity index (χ0v) is 15.9. The second-order valence-corrected chi connectivity index (χ2v) is 7.43. The molecule has 4 atom stereocenters. The molecular weight excluding hydrogens is 358 g/mol. The average molecular weight is 381 g/mol. The van der Waals surface area contributed by atoms with Crippen LogP contribution in [0.2, 0.25) is 0 Å². The van der Waals surface area contributed by atoms with Gasteiger partial charge < -0.3 is 24.4 Å². The number of fused-ring (bicyclic) bond motifs is 2. The molecule has 6 heteroatoms. The van der Waals surface area contributed by atoms with E-state index in [1.807, 2.05) is 36.4 Å². The van der Waals surface area contributed by atoms with Crippen molar-refractivity contribution in [1.29, 1.82) is 5.26 Å². The van der Waals surface area contributed by atoms with Crippen LogP contribution >= 0.6 is 0 Å². The molecular formula is C22H23NO5. The highest BCUT2D eigenvalue weighted by molar-refractivity contribution is 5.49. The van der Waals surface area contributed by atoms with E-state index in [1.165, 1.54) is 0 Å². The van der Waals surface area contributed by atoms with E-state index < -0.39 is 24.1 Å². The van der Waals surface area contributed by atoms with Crippen LogP contribution in [0.15, 0.2) is 36.4 Å². The van der Waals surface area contributed by atoms with Crippen LogP contribution in [-0.2, 0) is 28.3 Å². The lowest BCUT2D eigenvalue weighted by Gasteiger charge is -2.42. The number of hydrogen-bond donors (Lipinski definition) is 2. The fourth-order valence-corrected chi connectivity index (χ4v) is 4.04. The Labute approximate surface area is 163 Å². The van der Waals surface area contributed by atoms with E-state index in [0.29, 0.717) is 18.6 Å². The summed E-state index contributed by atoms with van der Waals surface area (Å²) in [5.41, 5.74) is 4.23. The summed E-state index contributed by atoms with van der Waals surface area (Å²) in [5.74, 6) is -0.307. The fourth-order valence-electron chi connectivity index (χ4n) is 4.04. The van der Waals surface area contributed by atoms with Crippen molar-refractivity contribution in [1.82, 2.24) is 0 Å². The van der Waals surface area contributed by atoms with Gasteiger partial charge in [0.2, 0.25) is 0 Å². The molecule has 6 nitrogen and oxygen atoms in total. The van der Waals surface area contributed by atoms with Gasteiger partial charge in [0, 0.05) is 12.0 Å². The van der Waals surface area contributed by atoms with E-state index in [0.717, 1.165) is 28.0 Å². The molecule has 2 unspecified atom stereocenters. The van der Waals surface area contributed by atoms with Gasteiger partial charge in [0.15, 0.2) is 5.79 Å². The van der Waals surface area contributed by atoms with Gasteiger partial charge in [0.05, 0.1) is 37.6 Å². The number of ether oxygens (including phenoxy) is 3. The molecule has 0 saturated carbocycles. The number of hydrogen-bond acceptors (Lipinski definition) is 6. The number of nitrogens with zero attached hydrogens (tertiary/aromatic N) is 1. The van der Waals surface area contributed by atoms with E-state index in [2.05, 4.69) is 6.07 Å². The van der Waals surface area contributed by atoms with Crippen molar-refractivity contribution in [3.8, 4) is 11.8 Å². The maximum absolute atomic E-state index is 10.3. The smallest absolute Gasteiger partial charge is 0.198 e. The Bertz CT molecular complexity index is 906. The Balaban J connectivity index is 1.71. The molecule has 0 amide bonds. The molecule has 2 aliphatic heterocycles. The van der Waals surface area contributed by atoms with Gasteiger partial charge in [0.1, 0.15) is 11.9 Å². The molecule has 0 aromatic heterocycles. The third kappa shape index (κ3) is 3.17. The minimum absolute atomic E-state index is 0.152. The van der Waals surface area contributed by atoms with Gasteiger partial charge in [-0.1, -0.05) is 12.1 Å². The summed E-state index contributed by atoms with van der Waals surface area (Å²) in [5, 5.41) is 29.9. The molecule has 2 aromatic carbocycles. The highest BCUT2D eigenvalue weighted by Gasteiger charge is 2.50. The van der Waals surface area contributed by atoms with Gasteiger partial charge in [0.25, 0.3) is 0 Å². The van der Waals surface area contributed by atoms with Gasteiger partial charge in [-0.05, 0) is 54.3 Å². The van der Waals surface area contributed by atoms with Crippen LogP contribution in [0.5, 0.6) is 5.75 Å². The van der Waals surface area contributed by atoms with Gasteiger partial charge in [-0.15, -0.1) is 0 Å². The molecule has 2 N–H and O–H groups in total. The number of aliphatic hydroxyl groups excluding tert-OH is 2. The zero-order chi connectivity index (χ0) is 19.9. The average Bonchev–Trinajstić information content (AvgIpc) is 3.03. The van der Waals surface area contributed by atoms with Crippen molar-refractivity contribution in [3.63, 3.8) is 0 Å². The topological polar surface area (TPSA) is 91.9 Å². The Morgan fingerprint density at radius 3 is 2.64 bits per heavy atom. The van der Waals surface area contributed by atoms with E-state index in [9.17, 15) is 15.5 Å². The molecule has 0 bridgehead atoms. The summed E-state index contributed by atoms with van der Waals surface area (Å²) in [7, 11) is 1.62. The Morgan fingerprint density at radius 2 is 2.00 bits per heavy atom. The van der Waals surface area contributed by atoms with Crippen molar-refractivity contribution in [2.24, 2.45) is 0 Å². The molecule has 2 aliphatic rings. The standard InChI is InChI=1S/C22H23NO5/c1-13-21(25)20(24)10-22(28-13)19-9-15(16(11-23)8-17(19)12-27-22)7-14-3-5-18(26-2)6-4-14/h3-6,8-9,13,20-21,24-25H,7,10,12H2,1-2H3/t13?,20?,21-,22-/m1/s1. The Hall–Kier alpha value is -2.43. The summed E-state index contributed by atoms with van der Waals surface area (Å²) in [6, 6.07) is 13.8. The fraction of sp³-hybridized carbons (Fsp3) is 0.409. The molecule has 1 fully saturated rings. The van der Waals surface area contributed by atoms with E-state index in [1.54, 1.807) is 14.0 Å². The van der Waals surface area contributed by atoms with Crippen LogP contribution in [0.25, 0.3) is 0 Å². The predicted octanol–water partition coefficient (Wildman–Crippen LogP) is 2.37. The molecule has 2 heterocycles. The maximum atomic E-state index is 10.3.